The second kappa shape index (κ2) is 5.04. The molecule has 0 bridgehead atoms. The minimum Gasteiger partial charge on any atom is -0.158 e. The molecule has 0 aromatic carbocycles. The Bertz CT molecular complexity index is 338. The van der Waals surface area contributed by atoms with Crippen LogP contribution in [0.1, 0.15) is 18.1 Å². The van der Waals surface area contributed by atoms with Gasteiger partial charge in [0, 0.05) is 11.1 Å². The first-order valence-electron chi connectivity index (χ1n) is 4.11. The van der Waals surface area contributed by atoms with Crippen LogP contribution in [0.3, 0.4) is 0 Å². The van der Waals surface area contributed by atoms with E-state index in [4.69, 9.17) is 0 Å². The van der Waals surface area contributed by atoms with Crippen LogP contribution in [0.5, 0.6) is 0 Å². The summed E-state index contributed by atoms with van der Waals surface area (Å²) in [4.78, 5) is 0. The van der Waals surface area contributed by atoms with Crippen LogP contribution in [0, 0.1) is 0 Å². The molecule has 66 valence electrons. The second-order valence-electron chi connectivity index (χ2n) is 2.49. The highest BCUT2D eigenvalue weighted by Gasteiger charge is 1.93. The summed E-state index contributed by atoms with van der Waals surface area (Å²) in [5.41, 5.74) is 2.03. The summed E-state index contributed by atoms with van der Waals surface area (Å²) in [7, 11) is 0. The van der Waals surface area contributed by atoms with E-state index in [0.717, 1.165) is 11.1 Å². The minimum atomic E-state index is 0.996. The Kier molecular flexibility index (Phi) is 3.64. The van der Waals surface area contributed by atoms with Gasteiger partial charge in [0.2, 0.25) is 0 Å². The minimum absolute atomic E-state index is 0.996. The Morgan fingerprint density at radius 2 is 1.85 bits per heavy atom. The highest BCUT2D eigenvalue weighted by Crippen LogP contribution is 2.08. The third kappa shape index (κ3) is 2.67. The molecular formula is C11H12N2. The van der Waals surface area contributed by atoms with Crippen molar-refractivity contribution in [3.63, 3.8) is 0 Å². The van der Waals surface area contributed by atoms with Crippen LogP contribution < -0.4 is 0 Å². The van der Waals surface area contributed by atoms with Crippen LogP contribution in [-0.4, -0.2) is 10.2 Å². The lowest BCUT2D eigenvalue weighted by Crippen LogP contribution is -1.85. The van der Waals surface area contributed by atoms with E-state index < -0.39 is 0 Å². The Hall–Kier alpha value is -1.70. The predicted octanol–water partition coefficient (Wildman–Crippen LogP) is 2.71. The maximum Gasteiger partial charge on any atom is 0.0574 e. The molecule has 0 aliphatic rings. The van der Waals surface area contributed by atoms with Gasteiger partial charge in [-0.1, -0.05) is 37.0 Å². The van der Waals surface area contributed by atoms with Crippen LogP contribution in [0.2, 0.25) is 0 Å². The zero-order valence-corrected chi connectivity index (χ0v) is 7.64. The number of allylic oxidation sites excluding steroid dienone is 3. The quantitative estimate of drug-likeness (QED) is 0.655. The topological polar surface area (TPSA) is 25.8 Å². The predicted molar refractivity (Wildman–Crippen MR) is 56.0 cm³/mol. The number of nitrogens with zero attached hydrogens (tertiary/aromatic N) is 2. The van der Waals surface area contributed by atoms with Crippen molar-refractivity contribution in [2.24, 2.45) is 0 Å². The number of rotatable bonds is 3. The maximum atomic E-state index is 3.80. The Labute approximate surface area is 78.3 Å². The Balaban J connectivity index is 2.93. The molecule has 0 atom stereocenters. The molecule has 0 aliphatic carbocycles. The van der Waals surface area contributed by atoms with Crippen molar-refractivity contribution in [1.29, 1.82) is 0 Å². The van der Waals surface area contributed by atoms with Crippen LogP contribution in [0.15, 0.2) is 37.2 Å². The molecule has 0 amide bonds. The molecule has 0 saturated heterocycles. The summed E-state index contributed by atoms with van der Waals surface area (Å²) in [5, 5.41) is 7.57. The van der Waals surface area contributed by atoms with Gasteiger partial charge in [-0.2, -0.15) is 10.2 Å². The van der Waals surface area contributed by atoms with Crippen LogP contribution in [0.4, 0.5) is 0 Å². The standard InChI is InChI=1S/C11H12N2/c1-3-5-6-7-11-9-13-12-8-10(11)4-2/h3-9H,2H2,1H3/b5-3+,7-6-. The third-order valence-corrected chi connectivity index (χ3v) is 1.59. The second-order valence-corrected chi connectivity index (χ2v) is 2.49. The summed E-state index contributed by atoms with van der Waals surface area (Å²) in [6.07, 6.45) is 13.1. The molecule has 0 fully saturated rings. The molecule has 0 unspecified atom stereocenters. The van der Waals surface area contributed by atoms with Gasteiger partial charge in [0.15, 0.2) is 0 Å². The molecule has 0 spiro atoms. The maximum absolute atomic E-state index is 3.80. The summed E-state index contributed by atoms with van der Waals surface area (Å²) in [5.74, 6) is 0. The highest BCUT2D eigenvalue weighted by molar-refractivity contribution is 5.63. The molecule has 1 aromatic rings. The van der Waals surface area contributed by atoms with Crippen molar-refractivity contribution in [2.75, 3.05) is 0 Å². The average Bonchev–Trinajstić information content (AvgIpc) is 2.19. The molecule has 0 saturated carbocycles. The lowest BCUT2D eigenvalue weighted by Gasteiger charge is -1.95. The van der Waals surface area contributed by atoms with E-state index in [0.29, 0.717) is 0 Å². The van der Waals surface area contributed by atoms with Gasteiger partial charge in [0.05, 0.1) is 12.4 Å². The molecule has 13 heavy (non-hydrogen) atoms. The lowest BCUT2D eigenvalue weighted by atomic mass is 10.1. The number of aromatic nitrogens is 2. The fourth-order valence-electron chi connectivity index (χ4n) is 0.920. The molecule has 0 N–H and O–H groups in total. The van der Waals surface area contributed by atoms with Crippen molar-refractivity contribution < 1.29 is 0 Å². The van der Waals surface area contributed by atoms with Gasteiger partial charge in [0.1, 0.15) is 0 Å². The van der Waals surface area contributed by atoms with E-state index in [-0.39, 0.29) is 0 Å². The van der Waals surface area contributed by atoms with E-state index in [2.05, 4.69) is 16.8 Å². The van der Waals surface area contributed by atoms with E-state index in [1.807, 2.05) is 31.2 Å². The van der Waals surface area contributed by atoms with Gasteiger partial charge in [-0.05, 0) is 6.92 Å². The van der Waals surface area contributed by atoms with Gasteiger partial charge in [-0.3, -0.25) is 0 Å². The van der Waals surface area contributed by atoms with E-state index >= 15 is 0 Å². The third-order valence-electron chi connectivity index (χ3n) is 1.59. The van der Waals surface area contributed by atoms with Gasteiger partial charge in [0.25, 0.3) is 0 Å². The Morgan fingerprint density at radius 1 is 1.15 bits per heavy atom. The smallest absolute Gasteiger partial charge is 0.0574 e. The fourth-order valence-corrected chi connectivity index (χ4v) is 0.920. The summed E-state index contributed by atoms with van der Waals surface area (Å²) >= 11 is 0. The molecule has 1 aromatic heterocycles. The number of hydrogen-bond acceptors (Lipinski definition) is 2. The molecule has 2 heteroatoms. The molecule has 1 rings (SSSR count). The monoisotopic (exact) mass is 172 g/mol. The van der Waals surface area contributed by atoms with Crippen molar-refractivity contribution in [3.8, 4) is 0 Å². The molecular weight excluding hydrogens is 160 g/mol. The zero-order chi connectivity index (χ0) is 9.52. The van der Waals surface area contributed by atoms with Gasteiger partial charge in [-0.25, -0.2) is 0 Å². The first-order valence-corrected chi connectivity index (χ1v) is 4.11. The van der Waals surface area contributed by atoms with Gasteiger partial charge < -0.3 is 0 Å². The van der Waals surface area contributed by atoms with Crippen molar-refractivity contribution in [2.45, 2.75) is 6.92 Å². The molecule has 0 radical (unpaired) electrons. The number of hydrogen-bond donors (Lipinski definition) is 0. The fraction of sp³-hybridized carbons (Fsp3) is 0.0909. The first kappa shape index (κ1) is 9.39. The normalized spacial score (nSPS) is 11.2. The van der Waals surface area contributed by atoms with Crippen LogP contribution in [0.25, 0.3) is 12.2 Å². The van der Waals surface area contributed by atoms with E-state index in [9.17, 15) is 0 Å². The molecule has 2 nitrogen and oxygen atoms in total. The highest BCUT2D eigenvalue weighted by atomic mass is 15.1. The van der Waals surface area contributed by atoms with E-state index in [1.54, 1.807) is 18.5 Å². The summed E-state index contributed by atoms with van der Waals surface area (Å²) < 4.78 is 0. The van der Waals surface area contributed by atoms with Crippen LogP contribution >= 0.6 is 0 Å². The average molecular weight is 172 g/mol. The SMILES string of the molecule is C=Cc1cnncc1/C=C\C=C\C. The van der Waals surface area contributed by atoms with Crippen molar-refractivity contribution in [1.82, 2.24) is 10.2 Å². The van der Waals surface area contributed by atoms with E-state index in [1.165, 1.54) is 0 Å². The van der Waals surface area contributed by atoms with Gasteiger partial charge in [-0.15, -0.1) is 0 Å². The summed E-state index contributed by atoms with van der Waals surface area (Å²) in [6.45, 7) is 5.68. The summed E-state index contributed by atoms with van der Waals surface area (Å²) in [6, 6.07) is 0. The largest absolute Gasteiger partial charge is 0.158 e. The van der Waals surface area contributed by atoms with Crippen LogP contribution in [-0.2, 0) is 0 Å². The first-order chi connectivity index (χ1) is 6.38. The Morgan fingerprint density at radius 3 is 2.46 bits per heavy atom. The van der Waals surface area contributed by atoms with Crippen molar-refractivity contribution in [3.05, 3.63) is 48.3 Å². The zero-order valence-electron chi connectivity index (χ0n) is 7.64. The molecule has 1 heterocycles. The molecule has 0 aliphatic heterocycles. The lowest BCUT2D eigenvalue weighted by molar-refractivity contribution is 1.02. The van der Waals surface area contributed by atoms with Crippen molar-refractivity contribution >= 4 is 12.2 Å². The van der Waals surface area contributed by atoms with Gasteiger partial charge >= 0.3 is 0 Å².